The van der Waals surface area contributed by atoms with Crippen LogP contribution in [0.1, 0.15) is 64.0 Å². The Labute approximate surface area is 127 Å². The molecule has 4 saturated carbocycles. The van der Waals surface area contributed by atoms with E-state index in [0.717, 1.165) is 30.1 Å². The SMILES string of the molecule is CC(C)Cn1c(CO)nnc1C12CC3CC(CC(C3)C1)C2. The van der Waals surface area contributed by atoms with Crippen molar-refractivity contribution in [2.75, 3.05) is 0 Å². The minimum Gasteiger partial charge on any atom is -0.388 e. The van der Waals surface area contributed by atoms with E-state index in [1.807, 2.05) is 0 Å². The lowest BCUT2D eigenvalue weighted by Gasteiger charge is -2.56. The first-order valence-corrected chi connectivity index (χ1v) is 8.63. The van der Waals surface area contributed by atoms with Gasteiger partial charge in [-0.15, -0.1) is 10.2 Å². The molecule has 116 valence electrons. The van der Waals surface area contributed by atoms with Gasteiger partial charge in [-0.25, -0.2) is 0 Å². The molecule has 0 amide bonds. The van der Waals surface area contributed by atoms with Gasteiger partial charge in [0.15, 0.2) is 5.82 Å². The molecule has 0 unspecified atom stereocenters. The summed E-state index contributed by atoms with van der Waals surface area (Å²) in [5.41, 5.74) is 0.268. The number of hydrogen-bond donors (Lipinski definition) is 1. The molecule has 4 heteroatoms. The molecule has 0 spiro atoms. The molecule has 4 fully saturated rings. The second kappa shape index (κ2) is 4.80. The van der Waals surface area contributed by atoms with Crippen molar-refractivity contribution in [2.24, 2.45) is 23.7 Å². The fourth-order valence-electron chi connectivity index (χ4n) is 5.79. The van der Waals surface area contributed by atoms with Crippen molar-refractivity contribution in [3.8, 4) is 0 Å². The van der Waals surface area contributed by atoms with Crippen LogP contribution in [-0.2, 0) is 18.6 Å². The maximum Gasteiger partial charge on any atom is 0.158 e. The van der Waals surface area contributed by atoms with E-state index in [0.29, 0.717) is 5.92 Å². The maximum atomic E-state index is 9.60. The van der Waals surface area contributed by atoms with Gasteiger partial charge in [0.2, 0.25) is 0 Å². The molecule has 0 aromatic carbocycles. The summed E-state index contributed by atoms with van der Waals surface area (Å²) in [5.74, 6) is 5.25. The third-order valence-electron chi connectivity index (χ3n) is 6.03. The van der Waals surface area contributed by atoms with E-state index >= 15 is 0 Å². The van der Waals surface area contributed by atoms with Crippen molar-refractivity contribution in [1.29, 1.82) is 0 Å². The topological polar surface area (TPSA) is 50.9 Å². The summed E-state index contributed by atoms with van der Waals surface area (Å²) in [6.45, 7) is 5.39. The Morgan fingerprint density at radius 3 is 2.14 bits per heavy atom. The van der Waals surface area contributed by atoms with Crippen LogP contribution in [0.15, 0.2) is 0 Å². The Morgan fingerprint density at radius 2 is 1.67 bits per heavy atom. The van der Waals surface area contributed by atoms with Gasteiger partial charge in [-0.05, 0) is 62.2 Å². The maximum absolute atomic E-state index is 9.60. The van der Waals surface area contributed by atoms with Gasteiger partial charge in [-0.1, -0.05) is 13.8 Å². The van der Waals surface area contributed by atoms with E-state index in [-0.39, 0.29) is 12.0 Å². The summed E-state index contributed by atoms with van der Waals surface area (Å²) in [6.07, 6.45) is 8.27. The van der Waals surface area contributed by atoms with Crippen molar-refractivity contribution in [1.82, 2.24) is 14.8 Å². The van der Waals surface area contributed by atoms with Crippen molar-refractivity contribution in [3.63, 3.8) is 0 Å². The van der Waals surface area contributed by atoms with E-state index in [9.17, 15) is 5.11 Å². The number of rotatable bonds is 4. The fourth-order valence-corrected chi connectivity index (χ4v) is 5.79. The lowest BCUT2D eigenvalue weighted by atomic mass is 9.49. The molecule has 1 N–H and O–H groups in total. The monoisotopic (exact) mass is 289 g/mol. The van der Waals surface area contributed by atoms with Crippen LogP contribution in [0.2, 0.25) is 0 Å². The molecule has 4 aliphatic rings. The summed E-state index contributed by atoms with van der Waals surface area (Å²) in [5, 5.41) is 18.5. The van der Waals surface area contributed by atoms with Gasteiger partial charge in [-0.2, -0.15) is 0 Å². The molecule has 21 heavy (non-hydrogen) atoms. The van der Waals surface area contributed by atoms with E-state index in [1.165, 1.54) is 44.3 Å². The smallest absolute Gasteiger partial charge is 0.158 e. The van der Waals surface area contributed by atoms with Crippen LogP contribution in [0.4, 0.5) is 0 Å². The third-order valence-corrected chi connectivity index (χ3v) is 6.03. The average molecular weight is 289 g/mol. The largest absolute Gasteiger partial charge is 0.388 e. The number of nitrogens with zero attached hydrogens (tertiary/aromatic N) is 3. The van der Waals surface area contributed by atoms with Gasteiger partial charge in [0, 0.05) is 12.0 Å². The first-order valence-electron chi connectivity index (χ1n) is 8.63. The molecule has 1 heterocycles. The Hall–Kier alpha value is -0.900. The minimum absolute atomic E-state index is 0.00604. The molecule has 1 aromatic rings. The van der Waals surface area contributed by atoms with Crippen molar-refractivity contribution >= 4 is 0 Å². The van der Waals surface area contributed by atoms with Crippen LogP contribution in [0.5, 0.6) is 0 Å². The predicted octanol–water partition coefficient (Wildman–Crippen LogP) is 2.89. The predicted molar refractivity (Wildman–Crippen MR) is 80.6 cm³/mol. The van der Waals surface area contributed by atoms with Gasteiger partial charge in [0.25, 0.3) is 0 Å². The molecule has 0 aliphatic heterocycles. The van der Waals surface area contributed by atoms with Crippen LogP contribution < -0.4 is 0 Å². The van der Waals surface area contributed by atoms with Crippen LogP contribution in [0.25, 0.3) is 0 Å². The van der Waals surface area contributed by atoms with Gasteiger partial charge in [0.1, 0.15) is 12.4 Å². The van der Waals surface area contributed by atoms with Crippen molar-refractivity contribution < 1.29 is 5.11 Å². The van der Waals surface area contributed by atoms with Gasteiger partial charge < -0.3 is 9.67 Å². The van der Waals surface area contributed by atoms with Crippen molar-refractivity contribution in [2.45, 2.75) is 70.9 Å². The summed E-state index contributed by atoms with van der Waals surface area (Å²) >= 11 is 0. The van der Waals surface area contributed by atoms with Crippen LogP contribution in [0, 0.1) is 23.7 Å². The molecule has 4 aliphatic carbocycles. The second-order valence-corrected chi connectivity index (χ2v) is 8.30. The number of hydrogen-bond acceptors (Lipinski definition) is 3. The zero-order valence-corrected chi connectivity index (χ0v) is 13.3. The highest BCUT2D eigenvalue weighted by Gasteiger charge is 2.53. The Morgan fingerprint density at radius 1 is 1.10 bits per heavy atom. The molecule has 0 radical (unpaired) electrons. The highest BCUT2D eigenvalue weighted by molar-refractivity contribution is 5.18. The molecular weight excluding hydrogens is 262 g/mol. The first kappa shape index (κ1) is 13.7. The summed E-state index contributed by atoms with van der Waals surface area (Å²) < 4.78 is 2.25. The molecule has 0 atom stereocenters. The Balaban J connectivity index is 1.74. The minimum atomic E-state index is 0.00604. The van der Waals surface area contributed by atoms with E-state index in [4.69, 9.17) is 0 Å². The summed E-state index contributed by atoms with van der Waals surface area (Å²) in [6, 6.07) is 0. The number of aliphatic hydroxyl groups is 1. The lowest BCUT2D eigenvalue weighted by Crippen LogP contribution is -2.50. The molecule has 0 saturated heterocycles. The zero-order valence-electron chi connectivity index (χ0n) is 13.3. The van der Waals surface area contributed by atoms with Crippen molar-refractivity contribution in [3.05, 3.63) is 11.6 Å². The van der Waals surface area contributed by atoms with E-state index in [1.54, 1.807) is 0 Å². The van der Waals surface area contributed by atoms with E-state index < -0.39 is 0 Å². The van der Waals surface area contributed by atoms with Gasteiger partial charge in [0.05, 0.1) is 0 Å². The fraction of sp³-hybridized carbons (Fsp3) is 0.882. The van der Waals surface area contributed by atoms with Crippen LogP contribution in [-0.4, -0.2) is 19.9 Å². The van der Waals surface area contributed by atoms with Crippen LogP contribution in [0.3, 0.4) is 0 Å². The third kappa shape index (κ3) is 2.14. The highest BCUT2D eigenvalue weighted by Crippen LogP contribution is 2.60. The molecule has 5 rings (SSSR count). The van der Waals surface area contributed by atoms with Gasteiger partial charge >= 0.3 is 0 Å². The quantitative estimate of drug-likeness (QED) is 0.927. The summed E-state index contributed by atoms with van der Waals surface area (Å²) in [4.78, 5) is 0. The van der Waals surface area contributed by atoms with Crippen LogP contribution >= 0.6 is 0 Å². The molecule has 4 bridgehead atoms. The van der Waals surface area contributed by atoms with E-state index in [2.05, 4.69) is 28.6 Å². The van der Waals surface area contributed by atoms with Gasteiger partial charge in [-0.3, -0.25) is 0 Å². The second-order valence-electron chi connectivity index (χ2n) is 8.30. The Bertz CT molecular complexity index is 499. The highest BCUT2D eigenvalue weighted by atomic mass is 16.3. The first-order chi connectivity index (χ1) is 10.1. The molecular formula is C17H27N3O. The lowest BCUT2D eigenvalue weighted by molar-refractivity contribution is -0.0115. The standard InChI is InChI=1S/C17H27N3O/c1-11(2)9-20-15(10-21)18-19-16(20)17-6-12-3-13(7-17)5-14(4-12)8-17/h11-14,21H,3-10H2,1-2H3. The normalized spacial score (nSPS) is 37.6. The Kier molecular flexibility index (Phi) is 3.14. The molecule has 1 aromatic heterocycles. The number of aromatic nitrogens is 3. The number of aliphatic hydroxyl groups excluding tert-OH is 1. The average Bonchev–Trinajstić information content (AvgIpc) is 2.79. The summed E-state index contributed by atoms with van der Waals surface area (Å²) in [7, 11) is 0. The zero-order chi connectivity index (χ0) is 14.6. The molecule has 4 nitrogen and oxygen atoms in total.